The number of carbonyl (C=O) groups excluding carboxylic acids is 1. The van der Waals surface area contributed by atoms with Crippen LogP contribution in [0, 0.1) is 0 Å². The molecule has 0 heterocycles. The molecule has 7 heavy (non-hydrogen) atoms. The Morgan fingerprint density at radius 1 is 1.86 bits per heavy atom. The fourth-order valence-corrected chi connectivity index (χ4v) is 0.436. The van der Waals surface area contributed by atoms with Gasteiger partial charge in [-0.05, 0) is 6.92 Å². The second-order valence-corrected chi connectivity index (χ2v) is 2.09. The molecule has 0 bridgehead atoms. The molecule has 0 saturated heterocycles. The van der Waals surface area contributed by atoms with Crippen LogP contribution in [0.3, 0.4) is 0 Å². The lowest BCUT2D eigenvalue weighted by molar-refractivity contribution is -0.118. The highest BCUT2D eigenvalue weighted by Crippen LogP contribution is 1.96. The number of Topliss-reactive ketones (excluding diaryl/α,β-unsaturated/α-hetero) is 1. The van der Waals surface area contributed by atoms with Gasteiger partial charge < -0.3 is 0 Å². The molecular weight excluding hydrogens is 112 g/mol. The van der Waals surface area contributed by atoms with Gasteiger partial charge in [-0.3, -0.25) is 4.79 Å². The molecule has 0 aliphatic carbocycles. The smallest absolute Gasteiger partial charge is 0.150 e. The highest BCUT2D eigenvalue weighted by atomic mass is 35.5. The quantitative estimate of drug-likeness (QED) is 0.506. The lowest BCUT2D eigenvalue weighted by Crippen LogP contribution is -2.06. The summed E-state index contributed by atoms with van der Waals surface area (Å²) < 4.78 is 0. The molecule has 0 N–H and O–H groups in total. The number of hydrogen-bond acceptors (Lipinski definition) is 1. The first-order chi connectivity index (χ1) is 3.18. The summed E-state index contributed by atoms with van der Waals surface area (Å²) in [4.78, 5) is 10.4. The van der Waals surface area contributed by atoms with Gasteiger partial charge in [0.2, 0.25) is 0 Å². The Balaban J connectivity index is 3.35. The molecule has 1 atom stereocenters. The van der Waals surface area contributed by atoms with E-state index in [0.29, 0.717) is 6.42 Å². The van der Waals surface area contributed by atoms with Crippen molar-refractivity contribution < 1.29 is 4.79 Å². The van der Waals surface area contributed by atoms with Crippen molar-refractivity contribution >= 4 is 17.4 Å². The average molecular weight is 121 g/mol. The zero-order chi connectivity index (χ0) is 5.86. The SMILES string of the molecule is CCC(=O)[C@@H](C)Cl. The Morgan fingerprint density at radius 3 is 2.29 bits per heavy atom. The zero-order valence-electron chi connectivity index (χ0n) is 4.57. The van der Waals surface area contributed by atoms with Crippen LogP contribution >= 0.6 is 11.6 Å². The molecule has 0 saturated carbocycles. The van der Waals surface area contributed by atoms with Crippen LogP contribution in [0.15, 0.2) is 0 Å². The van der Waals surface area contributed by atoms with Crippen molar-refractivity contribution in [1.29, 1.82) is 0 Å². The third kappa shape index (κ3) is 2.63. The fourth-order valence-electron chi connectivity index (χ4n) is 0.281. The van der Waals surface area contributed by atoms with Crippen LogP contribution in [0.25, 0.3) is 0 Å². The van der Waals surface area contributed by atoms with Crippen molar-refractivity contribution in [2.24, 2.45) is 0 Å². The largest absolute Gasteiger partial charge is 0.298 e. The molecule has 2 heteroatoms. The Hall–Kier alpha value is -0.0400. The molecular formula is C5H9ClO. The Morgan fingerprint density at radius 2 is 2.29 bits per heavy atom. The molecule has 0 radical (unpaired) electrons. The molecule has 0 spiro atoms. The van der Waals surface area contributed by atoms with Crippen LogP contribution in [0.4, 0.5) is 0 Å². The van der Waals surface area contributed by atoms with Gasteiger partial charge in [0.15, 0.2) is 0 Å². The third-order valence-corrected chi connectivity index (χ3v) is 1.04. The fraction of sp³-hybridized carbons (Fsp3) is 0.800. The Labute approximate surface area is 48.7 Å². The normalized spacial score (nSPS) is 13.6. The maximum absolute atomic E-state index is 10.4. The second kappa shape index (κ2) is 3.03. The summed E-state index contributed by atoms with van der Waals surface area (Å²) in [7, 11) is 0. The number of rotatable bonds is 2. The molecule has 0 unspecified atom stereocenters. The van der Waals surface area contributed by atoms with Gasteiger partial charge >= 0.3 is 0 Å². The first-order valence-electron chi connectivity index (χ1n) is 2.35. The molecule has 0 aromatic carbocycles. The van der Waals surface area contributed by atoms with Crippen LogP contribution in [-0.4, -0.2) is 11.2 Å². The van der Waals surface area contributed by atoms with E-state index in [9.17, 15) is 4.79 Å². The van der Waals surface area contributed by atoms with Crippen LogP contribution in [0.1, 0.15) is 20.3 Å². The molecule has 42 valence electrons. The van der Waals surface area contributed by atoms with Crippen molar-refractivity contribution in [2.45, 2.75) is 25.6 Å². The van der Waals surface area contributed by atoms with E-state index in [-0.39, 0.29) is 11.2 Å². The van der Waals surface area contributed by atoms with Gasteiger partial charge in [-0.2, -0.15) is 0 Å². The van der Waals surface area contributed by atoms with E-state index in [4.69, 9.17) is 11.6 Å². The van der Waals surface area contributed by atoms with E-state index in [2.05, 4.69) is 0 Å². The number of ketones is 1. The summed E-state index contributed by atoms with van der Waals surface area (Å²) in [6.07, 6.45) is 0.546. The van der Waals surface area contributed by atoms with Gasteiger partial charge in [-0.15, -0.1) is 11.6 Å². The topological polar surface area (TPSA) is 17.1 Å². The lowest BCUT2D eigenvalue weighted by atomic mass is 10.2. The van der Waals surface area contributed by atoms with E-state index >= 15 is 0 Å². The average Bonchev–Trinajstić information content (AvgIpc) is 1.65. The molecule has 1 nitrogen and oxygen atoms in total. The maximum atomic E-state index is 10.4. The molecule has 0 aromatic heterocycles. The van der Waals surface area contributed by atoms with E-state index in [1.165, 1.54) is 0 Å². The minimum atomic E-state index is -0.301. The van der Waals surface area contributed by atoms with Crippen LogP contribution in [-0.2, 0) is 4.79 Å². The van der Waals surface area contributed by atoms with Crippen molar-refractivity contribution in [3.8, 4) is 0 Å². The first kappa shape index (κ1) is 6.96. The summed E-state index contributed by atoms with van der Waals surface area (Å²) in [5.41, 5.74) is 0. The van der Waals surface area contributed by atoms with Crippen molar-refractivity contribution in [2.75, 3.05) is 0 Å². The molecule has 0 fully saturated rings. The highest BCUT2D eigenvalue weighted by Gasteiger charge is 2.03. The number of carbonyl (C=O) groups is 1. The number of hydrogen-bond donors (Lipinski definition) is 0. The molecule has 0 amide bonds. The summed E-state index contributed by atoms with van der Waals surface area (Å²) in [5, 5.41) is -0.301. The van der Waals surface area contributed by atoms with Gasteiger partial charge in [0.1, 0.15) is 5.78 Å². The van der Waals surface area contributed by atoms with Gasteiger partial charge in [-0.1, -0.05) is 6.92 Å². The van der Waals surface area contributed by atoms with E-state index in [1.807, 2.05) is 0 Å². The molecule has 0 aliphatic heterocycles. The monoisotopic (exact) mass is 120 g/mol. The predicted molar refractivity (Wildman–Crippen MR) is 30.6 cm³/mol. The summed E-state index contributed by atoms with van der Waals surface area (Å²) in [6.45, 7) is 3.49. The molecule has 0 rings (SSSR count). The maximum Gasteiger partial charge on any atom is 0.150 e. The van der Waals surface area contributed by atoms with Crippen molar-refractivity contribution in [3.05, 3.63) is 0 Å². The van der Waals surface area contributed by atoms with Gasteiger partial charge in [0.05, 0.1) is 5.38 Å². The number of alkyl halides is 1. The molecule has 0 aromatic rings. The standard InChI is InChI=1S/C5H9ClO/c1-3-5(7)4(2)6/h4H,3H2,1-2H3/t4-/m1/s1. The van der Waals surface area contributed by atoms with E-state index < -0.39 is 0 Å². The van der Waals surface area contributed by atoms with Gasteiger partial charge in [-0.25, -0.2) is 0 Å². The van der Waals surface area contributed by atoms with E-state index in [1.54, 1.807) is 13.8 Å². The Bertz CT molecular complexity index is 68.5. The highest BCUT2D eigenvalue weighted by molar-refractivity contribution is 6.30. The third-order valence-electron chi connectivity index (χ3n) is 0.792. The molecule has 0 aliphatic rings. The van der Waals surface area contributed by atoms with Crippen LogP contribution < -0.4 is 0 Å². The number of halogens is 1. The summed E-state index contributed by atoms with van der Waals surface area (Å²) in [6, 6.07) is 0. The second-order valence-electron chi connectivity index (χ2n) is 1.44. The zero-order valence-corrected chi connectivity index (χ0v) is 5.33. The lowest BCUT2D eigenvalue weighted by Gasteiger charge is -1.93. The summed E-state index contributed by atoms with van der Waals surface area (Å²) >= 11 is 5.38. The van der Waals surface area contributed by atoms with Crippen molar-refractivity contribution in [3.63, 3.8) is 0 Å². The van der Waals surface area contributed by atoms with Crippen LogP contribution in [0.2, 0.25) is 0 Å². The van der Waals surface area contributed by atoms with Gasteiger partial charge in [0.25, 0.3) is 0 Å². The van der Waals surface area contributed by atoms with Crippen molar-refractivity contribution in [1.82, 2.24) is 0 Å². The summed E-state index contributed by atoms with van der Waals surface area (Å²) in [5.74, 6) is 0.113. The minimum absolute atomic E-state index is 0.113. The predicted octanol–water partition coefficient (Wildman–Crippen LogP) is 1.59. The minimum Gasteiger partial charge on any atom is -0.298 e. The van der Waals surface area contributed by atoms with Crippen LogP contribution in [0.5, 0.6) is 0 Å². The Kier molecular flexibility index (Phi) is 3.01. The van der Waals surface area contributed by atoms with Gasteiger partial charge in [0, 0.05) is 6.42 Å². The van der Waals surface area contributed by atoms with E-state index in [0.717, 1.165) is 0 Å². The first-order valence-corrected chi connectivity index (χ1v) is 2.79.